The Balaban J connectivity index is 1.55. The van der Waals surface area contributed by atoms with Crippen LogP contribution >= 0.6 is 0 Å². The highest BCUT2D eigenvalue weighted by atomic mass is 19.4. The van der Waals surface area contributed by atoms with E-state index in [0.29, 0.717) is 26.2 Å². The summed E-state index contributed by atoms with van der Waals surface area (Å²) >= 11 is 0. The molecule has 2 nitrogen and oxygen atoms in total. The maximum Gasteiger partial charge on any atom is 0.406 e. The summed E-state index contributed by atoms with van der Waals surface area (Å²) in [6.07, 6.45) is -3.53. The topological polar surface area (TPSA) is 6.48 Å². The van der Waals surface area contributed by atoms with Crippen LogP contribution in [0.15, 0.2) is 30.3 Å². The van der Waals surface area contributed by atoms with Gasteiger partial charge in [-0.25, -0.2) is 0 Å². The summed E-state index contributed by atoms with van der Waals surface area (Å²) in [6, 6.07) is 10.1. The van der Waals surface area contributed by atoms with E-state index in [4.69, 9.17) is 0 Å². The standard InChI is InChI=1S/C15H19F3N2/c16-15(17,18)14(6-7-14)20-10-8-19(9-11-20)12-13-4-2-1-3-5-13/h1-5H,6-12H2. The van der Waals surface area contributed by atoms with E-state index in [1.165, 1.54) is 5.56 Å². The zero-order valence-electron chi connectivity index (χ0n) is 11.4. The van der Waals surface area contributed by atoms with Crippen molar-refractivity contribution in [3.63, 3.8) is 0 Å². The minimum Gasteiger partial charge on any atom is -0.297 e. The molecule has 0 unspecified atom stereocenters. The summed E-state index contributed by atoms with van der Waals surface area (Å²) in [5.41, 5.74) is -0.274. The van der Waals surface area contributed by atoms with Gasteiger partial charge in [0.2, 0.25) is 0 Å². The monoisotopic (exact) mass is 284 g/mol. The van der Waals surface area contributed by atoms with E-state index in [2.05, 4.69) is 17.0 Å². The molecule has 2 aliphatic rings. The van der Waals surface area contributed by atoms with Gasteiger partial charge in [0.05, 0.1) is 0 Å². The number of piperazine rings is 1. The number of halogens is 3. The number of nitrogens with zero attached hydrogens (tertiary/aromatic N) is 2. The minimum atomic E-state index is -4.07. The number of hydrogen-bond donors (Lipinski definition) is 0. The Morgan fingerprint density at radius 1 is 0.950 bits per heavy atom. The molecule has 1 aromatic rings. The molecule has 0 aromatic heterocycles. The van der Waals surface area contributed by atoms with Gasteiger partial charge in [-0.2, -0.15) is 13.2 Å². The summed E-state index contributed by atoms with van der Waals surface area (Å²) in [6.45, 7) is 3.30. The molecular formula is C15H19F3N2. The Labute approximate surface area is 117 Å². The van der Waals surface area contributed by atoms with Crippen LogP contribution in [0, 0.1) is 0 Å². The van der Waals surface area contributed by atoms with E-state index in [1.807, 2.05) is 18.2 Å². The van der Waals surface area contributed by atoms with Gasteiger partial charge in [-0.3, -0.25) is 9.80 Å². The van der Waals surface area contributed by atoms with Crippen LogP contribution in [0.5, 0.6) is 0 Å². The largest absolute Gasteiger partial charge is 0.406 e. The predicted molar refractivity (Wildman–Crippen MR) is 71.3 cm³/mol. The van der Waals surface area contributed by atoms with Crippen LogP contribution in [0.4, 0.5) is 13.2 Å². The zero-order valence-corrected chi connectivity index (χ0v) is 11.4. The average molecular weight is 284 g/mol. The summed E-state index contributed by atoms with van der Waals surface area (Å²) in [7, 11) is 0. The summed E-state index contributed by atoms with van der Waals surface area (Å²) in [5.74, 6) is 0. The normalized spacial score (nSPS) is 23.8. The zero-order chi connectivity index (χ0) is 14.2. The van der Waals surface area contributed by atoms with Gasteiger partial charge in [-0.15, -0.1) is 0 Å². The first-order valence-electron chi connectivity index (χ1n) is 7.09. The fourth-order valence-corrected chi connectivity index (χ4v) is 3.07. The maximum absolute atomic E-state index is 13.1. The van der Waals surface area contributed by atoms with Gasteiger partial charge < -0.3 is 0 Å². The van der Waals surface area contributed by atoms with Gasteiger partial charge in [-0.1, -0.05) is 30.3 Å². The van der Waals surface area contributed by atoms with Crippen LogP contribution < -0.4 is 0 Å². The van der Waals surface area contributed by atoms with Crippen molar-refractivity contribution in [2.75, 3.05) is 26.2 Å². The van der Waals surface area contributed by atoms with Crippen LogP contribution in [0.1, 0.15) is 18.4 Å². The third-order valence-electron chi connectivity index (χ3n) is 4.48. The molecule has 5 heteroatoms. The van der Waals surface area contributed by atoms with Crippen molar-refractivity contribution in [2.45, 2.75) is 31.1 Å². The molecule has 1 heterocycles. The second-order valence-corrected chi connectivity index (χ2v) is 5.78. The Morgan fingerprint density at radius 3 is 2.05 bits per heavy atom. The molecular weight excluding hydrogens is 265 g/mol. The second kappa shape index (κ2) is 5.04. The average Bonchev–Trinajstić information content (AvgIpc) is 3.22. The molecule has 3 rings (SSSR count). The summed E-state index contributed by atoms with van der Waals surface area (Å²) < 4.78 is 39.2. The van der Waals surface area contributed by atoms with E-state index >= 15 is 0 Å². The first kappa shape index (κ1) is 13.9. The van der Waals surface area contributed by atoms with Crippen molar-refractivity contribution < 1.29 is 13.2 Å². The highest BCUT2D eigenvalue weighted by Crippen LogP contribution is 2.53. The van der Waals surface area contributed by atoms with Gasteiger partial charge in [-0.05, 0) is 18.4 Å². The Bertz CT molecular complexity index is 446. The molecule has 0 atom stereocenters. The van der Waals surface area contributed by atoms with Crippen LogP contribution in [0.25, 0.3) is 0 Å². The van der Waals surface area contributed by atoms with Crippen molar-refractivity contribution >= 4 is 0 Å². The molecule has 1 aromatic carbocycles. The first-order chi connectivity index (χ1) is 9.51. The second-order valence-electron chi connectivity index (χ2n) is 5.78. The van der Waals surface area contributed by atoms with E-state index in [-0.39, 0.29) is 12.8 Å². The van der Waals surface area contributed by atoms with Crippen molar-refractivity contribution in [1.82, 2.24) is 9.80 Å². The highest BCUT2D eigenvalue weighted by molar-refractivity contribution is 5.15. The van der Waals surface area contributed by atoms with Gasteiger partial charge in [0, 0.05) is 32.7 Å². The predicted octanol–water partition coefficient (Wildman–Crippen LogP) is 2.90. The van der Waals surface area contributed by atoms with Crippen LogP contribution in [0.2, 0.25) is 0 Å². The number of benzene rings is 1. The Hall–Kier alpha value is -1.07. The number of rotatable bonds is 3. The number of hydrogen-bond acceptors (Lipinski definition) is 2. The van der Waals surface area contributed by atoms with Gasteiger partial charge in [0.15, 0.2) is 0 Å². The molecule has 20 heavy (non-hydrogen) atoms. The van der Waals surface area contributed by atoms with Gasteiger partial charge in [0.1, 0.15) is 5.54 Å². The minimum absolute atomic E-state index is 0.273. The first-order valence-corrected chi connectivity index (χ1v) is 7.09. The van der Waals surface area contributed by atoms with Crippen LogP contribution in [-0.2, 0) is 6.54 Å². The van der Waals surface area contributed by atoms with E-state index in [9.17, 15) is 13.2 Å². The van der Waals surface area contributed by atoms with Gasteiger partial charge >= 0.3 is 6.18 Å². The van der Waals surface area contributed by atoms with Crippen LogP contribution in [0.3, 0.4) is 0 Å². The fourth-order valence-electron chi connectivity index (χ4n) is 3.07. The molecule has 0 N–H and O–H groups in total. The third-order valence-corrected chi connectivity index (χ3v) is 4.48. The molecule has 0 spiro atoms. The van der Waals surface area contributed by atoms with Crippen molar-refractivity contribution in [2.24, 2.45) is 0 Å². The molecule has 110 valence electrons. The smallest absolute Gasteiger partial charge is 0.297 e. The Morgan fingerprint density at radius 2 is 1.55 bits per heavy atom. The molecule has 1 saturated heterocycles. The van der Waals surface area contributed by atoms with E-state index in [0.717, 1.165) is 6.54 Å². The molecule has 1 aliphatic heterocycles. The lowest BCUT2D eigenvalue weighted by molar-refractivity contribution is -0.200. The molecule has 0 radical (unpaired) electrons. The quantitative estimate of drug-likeness (QED) is 0.842. The van der Waals surface area contributed by atoms with Gasteiger partial charge in [0.25, 0.3) is 0 Å². The SMILES string of the molecule is FC(F)(F)C1(N2CCN(Cc3ccccc3)CC2)CC1. The maximum atomic E-state index is 13.1. The van der Waals surface area contributed by atoms with E-state index in [1.54, 1.807) is 4.90 Å². The lowest BCUT2D eigenvalue weighted by atomic mass is 10.1. The summed E-state index contributed by atoms with van der Waals surface area (Å²) in [4.78, 5) is 3.88. The van der Waals surface area contributed by atoms with E-state index < -0.39 is 11.7 Å². The third kappa shape index (κ3) is 2.56. The lowest BCUT2D eigenvalue weighted by Crippen LogP contribution is -2.56. The summed E-state index contributed by atoms with van der Waals surface area (Å²) in [5, 5.41) is 0. The molecule has 0 amide bonds. The fraction of sp³-hybridized carbons (Fsp3) is 0.600. The van der Waals surface area contributed by atoms with Crippen molar-refractivity contribution in [1.29, 1.82) is 0 Å². The van der Waals surface area contributed by atoms with Crippen molar-refractivity contribution in [3.8, 4) is 0 Å². The van der Waals surface area contributed by atoms with Crippen molar-refractivity contribution in [3.05, 3.63) is 35.9 Å². The van der Waals surface area contributed by atoms with Crippen LogP contribution in [-0.4, -0.2) is 47.7 Å². The Kier molecular flexibility index (Phi) is 3.50. The lowest BCUT2D eigenvalue weighted by Gasteiger charge is -2.40. The highest BCUT2D eigenvalue weighted by Gasteiger charge is 2.66. The molecule has 0 bridgehead atoms. The number of alkyl halides is 3. The molecule has 1 aliphatic carbocycles. The molecule has 2 fully saturated rings. The molecule has 1 saturated carbocycles.